The second kappa shape index (κ2) is 8.42. The predicted octanol–water partition coefficient (Wildman–Crippen LogP) is 10.4. The molecule has 2 spiro atoms. The first-order chi connectivity index (χ1) is 23.8. The van der Waals surface area contributed by atoms with E-state index in [4.69, 9.17) is 9.97 Å². The van der Waals surface area contributed by atoms with Gasteiger partial charge in [-0.15, -0.1) is 0 Å². The molecular formula is C46H26N2. The van der Waals surface area contributed by atoms with Gasteiger partial charge >= 0.3 is 0 Å². The van der Waals surface area contributed by atoms with Crippen LogP contribution in [0.5, 0.6) is 0 Å². The van der Waals surface area contributed by atoms with E-state index in [9.17, 15) is 0 Å². The SMILES string of the molecule is c1ccc2c(c1)C1=C(c3ccccc3C13c1ccccc1-c1c3cnc3ccccc13)C21c2ccccc2-c2c1cnc1ccccc21. The van der Waals surface area contributed by atoms with Crippen LogP contribution in [0.3, 0.4) is 0 Å². The van der Waals surface area contributed by atoms with E-state index in [1.165, 1.54) is 88.7 Å². The van der Waals surface area contributed by atoms with Crippen molar-refractivity contribution in [1.82, 2.24) is 9.97 Å². The number of hydrogen-bond acceptors (Lipinski definition) is 2. The summed E-state index contributed by atoms with van der Waals surface area (Å²) in [6.45, 7) is 0. The van der Waals surface area contributed by atoms with Gasteiger partial charge in [-0.25, -0.2) is 0 Å². The van der Waals surface area contributed by atoms with Gasteiger partial charge in [0.05, 0.1) is 21.9 Å². The van der Waals surface area contributed by atoms with Crippen LogP contribution in [-0.2, 0) is 10.8 Å². The van der Waals surface area contributed by atoms with Crippen molar-refractivity contribution in [2.75, 3.05) is 0 Å². The lowest BCUT2D eigenvalue weighted by Crippen LogP contribution is -2.28. The van der Waals surface area contributed by atoms with Crippen molar-refractivity contribution in [2.24, 2.45) is 0 Å². The van der Waals surface area contributed by atoms with Gasteiger partial charge < -0.3 is 0 Å². The number of pyridine rings is 2. The molecule has 0 N–H and O–H groups in total. The number of benzene rings is 6. The van der Waals surface area contributed by atoms with E-state index < -0.39 is 10.8 Å². The monoisotopic (exact) mass is 606 g/mol. The van der Waals surface area contributed by atoms with Crippen LogP contribution in [-0.4, -0.2) is 9.97 Å². The second-order valence-corrected chi connectivity index (χ2v) is 13.6. The van der Waals surface area contributed by atoms with Gasteiger partial charge in [0.2, 0.25) is 0 Å². The number of aromatic nitrogens is 2. The van der Waals surface area contributed by atoms with Crippen molar-refractivity contribution >= 4 is 33.0 Å². The molecule has 4 aliphatic rings. The molecule has 2 aromatic heterocycles. The average Bonchev–Trinajstić information content (AvgIpc) is 3.84. The normalized spacial score (nSPS) is 20.2. The Morgan fingerprint density at radius 3 is 1.08 bits per heavy atom. The zero-order chi connectivity index (χ0) is 31.2. The third kappa shape index (κ3) is 2.55. The van der Waals surface area contributed by atoms with Gasteiger partial charge in [0, 0.05) is 23.2 Å². The Balaban J connectivity index is 1.33. The molecule has 48 heavy (non-hydrogen) atoms. The molecule has 0 radical (unpaired) electrons. The molecule has 2 heteroatoms. The van der Waals surface area contributed by atoms with E-state index in [1.807, 2.05) is 0 Å². The maximum absolute atomic E-state index is 5.16. The van der Waals surface area contributed by atoms with E-state index in [2.05, 4.69) is 158 Å². The highest BCUT2D eigenvalue weighted by atomic mass is 14.7. The molecule has 12 rings (SSSR count). The summed E-state index contributed by atoms with van der Waals surface area (Å²) in [4.78, 5) is 10.3. The molecule has 220 valence electrons. The first-order valence-electron chi connectivity index (χ1n) is 16.8. The van der Waals surface area contributed by atoms with Crippen molar-refractivity contribution in [1.29, 1.82) is 0 Å². The summed E-state index contributed by atoms with van der Waals surface area (Å²) in [6, 6.07) is 53.9. The largest absolute Gasteiger partial charge is 0.256 e. The molecular weight excluding hydrogens is 581 g/mol. The van der Waals surface area contributed by atoms with E-state index >= 15 is 0 Å². The average molecular weight is 607 g/mol. The van der Waals surface area contributed by atoms with E-state index in [1.54, 1.807) is 0 Å². The minimum atomic E-state index is -0.517. The fourth-order valence-corrected chi connectivity index (χ4v) is 10.3. The molecule has 2 atom stereocenters. The van der Waals surface area contributed by atoms with Crippen LogP contribution in [0.15, 0.2) is 158 Å². The fourth-order valence-electron chi connectivity index (χ4n) is 10.3. The minimum Gasteiger partial charge on any atom is -0.256 e. The zero-order valence-corrected chi connectivity index (χ0v) is 25.9. The van der Waals surface area contributed by atoms with Gasteiger partial charge in [0.25, 0.3) is 0 Å². The number of fused-ring (bicyclic) bond motifs is 22. The molecule has 8 aromatic rings. The molecule has 0 aliphatic heterocycles. The highest BCUT2D eigenvalue weighted by Crippen LogP contribution is 2.74. The van der Waals surface area contributed by atoms with Crippen molar-refractivity contribution in [3.63, 3.8) is 0 Å². The molecule has 0 amide bonds. The summed E-state index contributed by atoms with van der Waals surface area (Å²) >= 11 is 0. The summed E-state index contributed by atoms with van der Waals surface area (Å²) in [5, 5.41) is 2.41. The van der Waals surface area contributed by atoms with Crippen molar-refractivity contribution < 1.29 is 0 Å². The summed E-state index contributed by atoms with van der Waals surface area (Å²) < 4.78 is 0. The summed E-state index contributed by atoms with van der Waals surface area (Å²) in [6.07, 6.45) is 4.37. The molecule has 4 aliphatic carbocycles. The first-order valence-corrected chi connectivity index (χ1v) is 16.8. The predicted molar refractivity (Wildman–Crippen MR) is 194 cm³/mol. The quantitative estimate of drug-likeness (QED) is 0.172. The standard InChI is InChI=1S/C46H26N2/c1-7-19-33-27(13-1)41-31-17-5-11-23-39(31)47-25-37(41)45(33)35-21-9-3-15-29(35)44-43(45)30-16-4-10-22-36(30)46(44)34-20-8-2-14-28(34)42-32-18-6-12-24-40(32)48-26-38(42)46/h1-26H. The van der Waals surface area contributed by atoms with Gasteiger partial charge in [-0.2, -0.15) is 0 Å². The minimum absolute atomic E-state index is 0.517. The van der Waals surface area contributed by atoms with Crippen LogP contribution in [0, 0.1) is 0 Å². The third-order valence-corrected chi connectivity index (χ3v) is 11.8. The Morgan fingerprint density at radius 1 is 0.312 bits per heavy atom. The van der Waals surface area contributed by atoms with Gasteiger partial charge in [-0.3, -0.25) is 9.97 Å². The number of nitrogens with zero attached hydrogens (tertiary/aromatic N) is 2. The summed E-state index contributed by atoms with van der Waals surface area (Å²) in [5.41, 5.74) is 19.5. The highest BCUT2D eigenvalue weighted by Gasteiger charge is 2.63. The van der Waals surface area contributed by atoms with Gasteiger partial charge in [-0.05, 0) is 90.0 Å². The fraction of sp³-hybridized carbons (Fsp3) is 0.0435. The smallest absolute Gasteiger partial charge is 0.0744 e. The van der Waals surface area contributed by atoms with Crippen LogP contribution in [0.1, 0.15) is 44.5 Å². The van der Waals surface area contributed by atoms with Crippen LogP contribution < -0.4 is 0 Å². The van der Waals surface area contributed by atoms with E-state index in [-0.39, 0.29) is 0 Å². The maximum atomic E-state index is 5.16. The molecule has 0 bridgehead atoms. The maximum Gasteiger partial charge on any atom is 0.0744 e. The zero-order valence-electron chi connectivity index (χ0n) is 25.9. The van der Waals surface area contributed by atoms with Gasteiger partial charge in [0.15, 0.2) is 0 Å². The topological polar surface area (TPSA) is 25.8 Å². The lowest BCUT2D eigenvalue weighted by Gasteiger charge is -2.34. The Bertz CT molecular complexity index is 2610. The Hall–Kier alpha value is -6.12. The third-order valence-electron chi connectivity index (χ3n) is 11.8. The lowest BCUT2D eigenvalue weighted by molar-refractivity contribution is 0.822. The van der Waals surface area contributed by atoms with Gasteiger partial charge in [0.1, 0.15) is 0 Å². The van der Waals surface area contributed by atoms with Crippen molar-refractivity contribution in [3.8, 4) is 22.3 Å². The van der Waals surface area contributed by atoms with Gasteiger partial charge in [-0.1, -0.05) is 133 Å². The molecule has 0 saturated carbocycles. The lowest BCUT2D eigenvalue weighted by atomic mass is 9.67. The van der Waals surface area contributed by atoms with Crippen LogP contribution in [0.2, 0.25) is 0 Å². The van der Waals surface area contributed by atoms with Crippen LogP contribution >= 0.6 is 0 Å². The molecule has 2 unspecified atom stereocenters. The summed E-state index contributed by atoms with van der Waals surface area (Å²) in [7, 11) is 0. The highest BCUT2D eigenvalue weighted by molar-refractivity contribution is 6.21. The molecule has 0 fully saturated rings. The Morgan fingerprint density at radius 2 is 0.646 bits per heavy atom. The molecule has 0 saturated heterocycles. The van der Waals surface area contributed by atoms with Crippen molar-refractivity contribution in [2.45, 2.75) is 10.8 Å². The number of rotatable bonds is 0. The Kier molecular flexibility index (Phi) is 4.39. The number of para-hydroxylation sites is 2. The molecule has 2 nitrogen and oxygen atoms in total. The number of allylic oxidation sites excluding steroid dienone is 2. The van der Waals surface area contributed by atoms with Crippen LogP contribution in [0.4, 0.5) is 0 Å². The summed E-state index contributed by atoms with van der Waals surface area (Å²) in [5.74, 6) is 0. The van der Waals surface area contributed by atoms with E-state index in [0.29, 0.717) is 0 Å². The van der Waals surface area contributed by atoms with Crippen molar-refractivity contribution in [3.05, 3.63) is 202 Å². The molecule has 2 heterocycles. The Labute approximate surface area is 277 Å². The van der Waals surface area contributed by atoms with E-state index in [0.717, 1.165) is 11.0 Å². The molecule has 6 aromatic carbocycles. The number of hydrogen-bond donors (Lipinski definition) is 0. The van der Waals surface area contributed by atoms with Crippen LogP contribution in [0.25, 0.3) is 55.2 Å². The second-order valence-electron chi connectivity index (χ2n) is 13.6. The first kappa shape index (κ1) is 25.0.